The first-order chi connectivity index (χ1) is 8.63. The Hall–Kier alpha value is -1.62. The SMILES string of the molecule is CNC(=O)c1cc(NCC2(C)CCCO2)ccn1. The van der Waals surface area contributed by atoms with Crippen LogP contribution in [-0.2, 0) is 4.74 Å². The highest BCUT2D eigenvalue weighted by Crippen LogP contribution is 2.25. The summed E-state index contributed by atoms with van der Waals surface area (Å²) in [6.45, 7) is 3.68. The maximum Gasteiger partial charge on any atom is 0.269 e. The average Bonchev–Trinajstić information content (AvgIpc) is 2.83. The number of hydrogen-bond acceptors (Lipinski definition) is 4. The summed E-state index contributed by atoms with van der Waals surface area (Å²) in [5, 5.41) is 5.86. The van der Waals surface area contributed by atoms with Gasteiger partial charge in [0.25, 0.3) is 5.91 Å². The summed E-state index contributed by atoms with van der Waals surface area (Å²) in [5.74, 6) is -0.179. The molecule has 1 aliphatic heterocycles. The van der Waals surface area contributed by atoms with Crippen molar-refractivity contribution >= 4 is 11.6 Å². The highest BCUT2D eigenvalue weighted by Gasteiger charge is 2.29. The van der Waals surface area contributed by atoms with E-state index in [4.69, 9.17) is 4.74 Å². The number of pyridine rings is 1. The summed E-state index contributed by atoms with van der Waals surface area (Å²) in [7, 11) is 1.59. The van der Waals surface area contributed by atoms with Gasteiger partial charge in [-0.05, 0) is 31.9 Å². The average molecular weight is 249 g/mol. The highest BCUT2D eigenvalue weighted by molar-refractivity contribution is 5.92. The van der Waals surface area contributed by atoms with Gasteiger partial charge in [0.1, 0.15) is 5.69 Å². The van der Waals surface area contributed by atoms with Crippen LogP contribution in [0.15, 0.2) is 18.3 Å². The van der Waals surface area contributed by atoms with Crippen molar-refractivity contribution in [1.29, 1.82) is 0 Å². The molecule has 5 nitrogen and oxygen atoms in total. The summed E-state index contributed by atoms with van der Waals surface area (Å²) >= 11 is 0. The largest absolute Gasteiger partial charge is 0.382 e. The molecular weight excluding hydrogens is 230 g/mol. The molecule has 1 unspecified atom stereocenters. The third-order valence-corrected chi connectivity index (χ3v) is 3.19. The lowest BCUT2D eigenvalue weighted by Crippen LogP contribution is -2.32. The molecule has 0 radical (unpaired) electrons. The van der Waals surface area contributed by atoms with E-state index in [9.17, 15) is 4.79 Å². The van der Waals surface area contributed by atoms with Crippen LogP contribution < -0.4 is 10.6 Å². The second-order valence-electron chi connectivity index (χ2n) is 4.76. The number of ether oxygens (including phenoxy) is 1. The second-order valence-corrected chi connectivity index (χ2v) is 4.76. The quantitative estimate of drug-likeness (QED) is 0.847. The fourth-order valence-electron chi connectivity index (χ4n) is 2.06. The van der Waals surface area contributed by atoms with Gasteiger partial charge in [-0.2, -0.15) is 0 Å². The third-order valence-electron chi connectivity index (χ3n) is 3.19. The van der Waals surface area contributed by atoms with E-state index in [0.717, 1.165) is 31.7 Å². The van der Waals surface area contributed by atoms with Crippen molar-refractivity contribution in [2.45, 2.75) is 25.4 Å². The van der Waals surface area contributed by atoms with Crippen LogP contribution in [0.4, 0.5) is 5.69 Å². The second kappa shape index (κ2) is 5.35. The van der Waals surface area contributed by atoms with E-state index in [2.05, 4.69) is 22.5 Å². The van der Waals surface area contributed by atoms with Gasteiger partial charge in [0.15, 0.2) is 0 Å². The molecule has 0 bridgehead atoms. The number of nitrogens with zero attached hydrogens (tertiary/aromatic N) is 1. The predicted octanol–water partition coefficient (Wildman–Crippen LogP) is 1.42. The standard InChI is InChI=1S/C13H19N3O2/c1-13(5-3-7-18-13)9-16-10-4-6-15-11(8-10)12(17)14-2/h4,6,8H,3,5,7,9H2,1-2H3,(H,14,17)(H,15,16). The van der Waals surface area contributed by atoms with E-state index < -0.39 is 0 Å². The Morgan fingerprint density at radius 3 is 3.11 bits per heavy atom. The zero-order valence-electron chi connectivity index (χ0n) is 10.8. The third kappa shape index (κ3) is 2.98. The summed E-state index contributed by atoms with van der Waals surface area (Å²) in [4.78, 5) is 15.5. The molecule has 18 heavy (non-hydrogen) atoms. The molecule has 1 aliphatic rings. The number of hydrogen-bond donors (Lipinski definition) is 2. The van der Waals surface area contributed by atoms with Crippen molar-refractivity contribution in [2.24, 2.45) is 0 Å². The molecule has 1 saturated heterocycles. The van der Waals surface area contributed by atoms with Crippen LogP contribution in [-0.4, -0.2) is 36.7 Å². The fourth-order valence-corrected chi connectivity index (χ4v) is 2.06. The molecule has 5 heteroatoms. The number of rotatable bonds is 4. The maximum absolute atomic E-state index is 11.5. The van der Waals surface area contributed by atoms with Gasteiger partial charge in [0, 0.05) is 32.1 Å². The van der Waals surface area contributed by atoms with Crippen molar-refractivity contribution in [3.8, 4) is 0 Å². The van der Waals surface area contributed by atoms with Crippen molar-refractivity contribution < 1.29 is 9.53 Å². The van der Waals surface area contributed by atoms with Gasteiger partial charge in [-0.15, -0.1) is 0 Å². The molecule has 1 amide bonds. The lowest BCUT2D eigenvalue weighted by molar-refractivity contribution is 0.0315. The number of carbonyl (C=O) groups is 1. The topological polar surface area (TPSA) is 63.2 Å². The number of aromatic nitrogens is 1. The molecule has 1 aromatic rings. The number of nitrogens with one attached hydrogen (secondary N) is 2. The first-order valence-corrected chi connectivity index (χ1v) is 6.19. The van der Waals surface area contributed by atoms with Gasteiger partial charge in [-0.3, -0.25) is 9.78 Å². The lowest BCUT2D eigenvalue weighted by Gasteiger charge is -2.24. The van der Waals surface area contributed by atoms with Gasteiger partial charge < -0.3 is 15.4 Å². The maximum atomic E-state index is 11.5. The monoisotopic (exact) mass is 249 g/mol. The van der Waals surface area contributed by atoms with Gasteiger partial charge in [-0.1, -0.05) is 0 Å². The molecular formula is C13H19N3O2. The van der Waals surface area contributed by atoms with Crippen molar-refractivity contribution in [2.75, 3.05) is 25.5 Å². The molecule has 0 aliphatic carbocycles. The first-order valence-electron chi connectivity index (χ1n) is 6.19. The van der Waals surface area contributed by atoms with Crippen LogP contribution in [0.5, 0.6) is 0 Å². The fraction of sp³-hybridized carbons (Fsp3) is 0.538. The Bertz CT molecular complexity index is 428. The minimum Gasteiger partial charge on any atom is -0.382 e. The Morgan fingerprint density at radius 1 is 1.61 bits per heavy atom. The number of anilines is 1. The minimum atomic E-state index is -0.179. The van der Waals surface area contributed by atoms with E-state index in [-0.39, 0.29) is 11.5 Å². The summed E-state index contributed by atoms with van der Waals surface area (Å²) in [6, 6.07) is 3.60. The summed E-state index contributed by atoms with van der Waals surface area (Å²) in [6.07, 6.45) is 3.80. The van der Waals surface area contributed by atoms with E-state index >= 15 is 0 Å². The minimum absolute atomic E-state index is 0.101. The van der Waals surface area contributed by atoms with Crippen LogP contribution in [0.25, 0.3) is 0 Å². The Labute approximate surface area is 107 Å². The smallest absolute Gasteiger partial charge is 0.269 e. The van der Waals surface area contributed by atoms with Crippen LogP contribution in [0.1, 0.15) is 30.3 Å². The Morgan fingerprint density at radius 2 is 2.44 bits per heavy atom. The Kier molecular flexibility index (Phi) is 3.81. The molecule has 2 rings (SSSR count). The van der Waals surface area contributed by atoms with Crippen LogP contribution in [0.2, 0.25) is 0 Å². The summed E-state index contributed by atoms with van der Waals surface area (Å²) in [5.41, 5.74) is 1.21. The molecule has 98 valence electrons. The molecule has 0 aromatic carbocycles. The van der Waals surface area contributed by atoms with Gasteiger partial charge in [0.2, 0.25) is 0 Å². The zero-order chi connectivity index (χ0) is 13.0. The van der Waals surface area contributed by atoms with Crippen LogP contribution >= 0.6 is 0 Å². The number of carbonyl (C=O) groups excluding carboxylic acids is 1. The van der Waals surface area contributed by atoms with E-state index in [1.54, 1.807) is 19.3 Å². The van der Waals surface area contributed by atoms with E-state index in [0.29, 0.717) is 5.69 Å². The molecule has 1 atom stereocenters. The van der Waals surface area contributed by atoms with Gasteiger partial charge in [0.05, 0.1) is 5.60 Å². The van der Waals surface area contributed by atoms with Crippen LogP contribution in [0.3, 0.4) is 0 Å². The number of amides is 1. The molecule has 2 heterocycles. The molecule has 0 saturated carbocycles. The normalized spacial score (nSPS) is 22.8. The first kappa shape index (κ1) is 12.8. The molecule has 2 N–H and O–H groups in total. The van der Waals surface area contributed by atoms with E-state index in [1.807, 2.05) is 6.07 Å². The Balaban J connectivity index is 1.99. The van der Waals surface area contributed by atoms with Gasteiger partial charge >= 0.3 is 0 Å². The zero-order valence-corrected chi connectivity index (χ0v) is 10.8. The van der Waals surface area contributed by atoms with Crippen LogP contribution in [0, 0.1) is 0 Å². The van der Waals surface area contributed by atoms with Crippen molar-refractivity contribution in [3.63, 3.8) is 0 Å². The molecule has 0 spiro atoms. The van der Waals surface area contributed by atoms with Gasteiger partial charge in [-0.25, -0.2) is 0 Å². The lowest BCUT2D eigenvalue weighted by atomic mass is 10.0. The van der Waals surface area contributed by atoms with Crippen molar-refractivity contribution in [3.05, 3.63) is 24.0 Å². The van der Waals surface area contributed by atoms with E-state index in [1.165, 1.54) is 0 Å². The highest BCUT2D eigenvalue weighted by atomic mass is 16.5. The summed E-state index contributed by atoms with van der Waals surface area (Å²) < 4.78 is 5.70. The molecule has 1 aromatic heterocycles. The van der Waals surface area contributed by atoms with Crippen molar-refractivity contribution in [1.82, 2.24) is 10.3 Å². The predicted molar refractivity (Wildman–Crippen MR) is 69.7 cm³/mol. The molecule has 1 fully saturated rings.